The van der Waals surface area contributed by atoms with Gasteiger partial charge in [-0.3, -0.25) is 13.9 Å². The number of sulfonamides is 1. The second kappa shape index (κ2) is 13.7. The number of hydrogen-bond donors (Lipinski definition) is 1. The molecule has 7 nitrogen and oxygen atoms in total. The molecule has 3 aromatic rings. The Kier molecular flexibility index (Phi) is 10.3. The molecule has 0 saturated heterocycles. The summed E-state index contributed by atoms with van der Waals surface area (Å²) >= 11 is 6.42. The summed E-state index contributed by atoms with van der Waals surface area (Å²) in [5.74, 6) is -0.684. The van der Waals surface area contributed by atoms with E-state index in [1.807, 2.05) is 45.0 Å². The van der Waals surface area contributed by atoms with E-state index in [2.05, 4.69) is 5.32 Å². The number of benzene rings is 3. The Morgan fingerprint density at radius 1 is 0.929 bits per heavy atom. The summed E-state index contributed by atoms with van der Waals surface area (Å²) in [4.78, 5) is 29.4. The standard InChI is InChI=1S/C33H40ClN3O4S/c1-5-30(33(39)35-27-9-6-7-10-27)36(21-26-17-13-23(2)14-18-26)32(38)22-37(31-12-8-11-29(34)25(31)4)42(40,41)28-19-15-24(3)16-20-28/h8,11-20,27,30H,5-7,9-10,21-22H2,1-4H3,(H,35,39)/t30-/m0/s1. The van der Waals surface area contributed by atoms with E-state index in [0.717, 1.165) is 46.7 Å². The first-order chi connectivity index (χ1) is 20.0. The van der Waals surface area contributed by atoms with Crippen molar-refractivity contribution in [2.45, 2.75) is 83.3 Å². The fourth-order valence-corrected chi connectivity index (χ4v) is 7.04. The van der Waals surface area contributed by atoms with Crippen molar-refractivity contribution in [2.24, 2.45) is 0 Å². The summed E-state index contributed by atoms with van der Waals surface area (Å²) in [7, 11) is -4.16. The molecule has 0 bridgehead atoms. The molecule has 1 N–H and O–H groups in total. The molecule has 1 saturated carbocycles. The number of rotatable bonds is 11. The van der Waals surface area contributed by atoms with Crippen LogP contribution in [0.15, 0.2) is 71.6 Å². The molecule has 0 unspecified atom stereocenters. The van der Waals surface area contributed by atoms with Crippen molar-refractivity contribution >= 4 is 39.1 Å². The van der Waals surface area contributed by atoms with Gasteiger partial charge in [0.25, 0.3) is 10.0 Å². The molecule has 0 aliphatic heterocycles. The fourth-order valence-electron chi connectivity index (χ4n) is 5.39. The van der Waals surface area contributed by atoms with Crippen molar-refractivity contribution in [3.8, 4) is 0 Å². The van der Waals surface area contributed by atoms with E-state index in [0.29, 0.717) is 22.7 Å². The van der Waals surface area contributed by atoms with E-state index in [1.165, 1.54) is 17.0 Å². The first-order valence-electron chi connectivity index (χ1n) is 14.5. The van der Waals surface area contributed by atoms with Crippen LogP contribution in [0.1, 0.15) is 61.3 Å². The zero-order valence-electron chi connectivity index (χ0n) is 24.8. The van der Waals surface area contributed by atoms with Crippen molar-refractivity contribution < 1.29 is 18.0 Å². The molecular formula is C33H40ClN3O4S. The molecule has 1 atom stereocenters. The van der Waals surface area contributed by atoms with Crippen LogP contribution in [0.5, 0.6) is 0 Å². The summed E-state index contributed by atoms with van der Waals surface area (Å²) in [6, 6.07) is 18.6. The predicted octanol–water partition coefficient (Wildman–Crippen LogP) is 6.33. The van der Waals surface area contributed by atoms with E-state index in [4.69, 9.17) is 11.6 Å². The van der Waals surface area contributed by atoms with Crippen LogP contribution in [0, 0.1) is 20.8 Å². The van der Waals surface area contributed by atoms with Gasteiger partial charge >= 0.3 is 0 Å². The fraction of sp³-hybridized carbons (Fsp3) is 0.394. The summed E-state index contributed by atoms with van der Waals surface area (Å²) in [6.07, 6.45) is 4.36. The number of carbonyl (C=O) groups is 2. The minimum atomic E-state index is -4.16. The van der Waals surface area contributed by atoms with Gasteiger partial charge in [0.15, 0.2) is 0 Å². The first kappa shape index (κ1) is 31.6. The second-order valence-corrected chi connectivity index (χ2v) is 13.4. The van der Waals surface area contributed by atoms with E-state index in [1.54, 1.807) is 37.3 Å². The molecular weight excluding hydrogens is 570 g/mol. The molecule has 0 aromatic heterocycles. The van der Waals surface area contributed by atoms with Crippen molar-refractivity contribution in [1.82, 2.24) is 10.2 Å². The molecule has 9 heteroatoms. The SMILES string of the molecule is CC[C@@H](C(=O)NC1CCCC1)N(Cc1ccc(C)cc1)C(=O)CN(c1cccc(Cl)c1C)S(=O)(=O)c1ccc(C)cc1. The minimum Gasteiger partial charge on any atom is -0.352 e. The highest BCUT2D eigenvalue weighted by Crippen LogP contribution is 2.31. The highest BCUT2D eigenvalue weighted by atomic mass is 35.5. The summed E-state index contributed by atoms with van der Waals surface area (Å²) in [5, 5.41) is 3.53. The molecule has 3 aromatic carbocycles. The van der Waals surface area contributed by atoms with Gasteiger partial charge in [-0.25, -0.2) is 8.42 Å². The molecule has 4 rings (SSSR count). The lowest BCUT2D eigenvalue weighted by molar-refractivity contribution is -0.140. The number of amides is 2. The van der Waals surface area contributed by atoms with E-state index < -0.39 is 28.5 Å². The van der Waals surface area contributed by atoms with E-state index in [-0.39, 0.29) is 23.4 Å². The molecule has 224 valence electrons. The second-order valence-electron chi connectivity index (χ2n) is 11.1. The monoisotopic (exact) mass is 609 g/mol. The van der Waals surface area contributed by atoms with Crippen LogP contribution in [-0.2, 0) is 26.2 Å². The molecule has 1 aliphatic carbocycles. The molecule has 0 spiro atoms. The number of aryl methyl sites for hydroxylation is 2. The maximum absolute atomic E-state index is 14.3. The predicted molar refractivity (Wildman–Crippen MR) is 168 cm³/mol. The topological polar surface area (TPSA) is 86.8 Å². The smallest absolute Gasteiger partial charge is 0.264 e. The van der Waals surface area contributed by atoms with Gasteiger partial charge in [0.05, 0.1) is 10.6 Å². The van der Waals surface area contributed by atoms with Crippen LogP contribution < -0.4 is 9.62 Å². The quantitative estimate of drug-likeness (QED) is 0.275. The maximum Gasteiger partial charge on any atom is 0.264 e. The molecule has 0 heterocycles. The number of anilines is 1. The third-order valence-corrected chi connectivity index (χ3v) is 10.1. The average molecular weight is 610 g/mol. The highest BCUT2D eigenvalue weighted by Gasteiger charge is 2.35. The number of nitrogens with zero attached hydrogens (tertiary/aromatic N) is 2. The molecule has 1 fully saturated rings. The Balaban J connectivity index is 1.74. The normalized spacial score (nSPS) is 14.4. The highest BCUT2D eigenvalue weighted by molar-refractivity contribution is 7.92. The van der Waals surface area contributed by atoms with Gasteiger partial charge in [0.2, 0.25) is 11.8 Å². The van der Waals surface area contributed by atoms with Crippen LogP contribution in [0.25, 0.3) is 0 Å². The van der Waals surface area contributed by atoms with Gasteiger partial charge < -0.3 is 10.2 Å². The summed E-state index contributed by atoms with van der Waals surface area (Å²) < 4.78 is 29.3. The van der Waals surface area contributed by atoms with Crippen LogP contribution in [0.3, 0.4) is 0 Å². The number of carbonyl (C=O) groups excluding carboxylic acids is 2. The molecule has 1 aliphatic rings. The molecule has 2 amide bonds. The zero-order valence-corrected chi connectivity index (χ0v) is 26.3. The molecule has 0 radical (unpaired) electrons. The third-order valence-electron chi connectivity index (χ3n) is 7.96. The zero-order chi connectivity index (χ0) is 30.4. The van der Waals surface area contributed by atoms with Crippen molar-refractivity contribution in [1.29, 1.82) is 0 Å². The van der Waals surface area contributed by atoms with Gasteiger partial charge in [-0.1, -0.05) is 85.0 Å². The maximum atomic E-state index is 14.3. The van der Waals surface area contributed by atoms with E-state index >= 15 is 0 Å². The Hall–Kier alpha value is -3.36. The average Bonchev–Trinajstić information content (AvgIpc) is 3.47. The van der Waals surface area contributed by atoms with Crippen molar-refractivity contribution in [2.75, 3.05) is 10.8 Å². The summed E-state index contributed by atoms with van der Waals surface area (Å²) in [6.45, 7) is 7.14. The van der Waals surface area contributed by atoms with Gasteiger partial charge in [0, 0.05) is 17.6 Å². The van der Waals surface area contributed by atoms with Gasteiger partial charge in [-0.05, 0) is 75.4 Å². The van der Waals surface area contributed by atoms with Gasteiger partial charge in [0.1, 0.15) is 12.6 Å². The van der Waals surface area contributed by atoms with Crippen LogP contribution in [0.4, 0.5) is 5.69 Å². The number of nitrogens with one attached hydrogen (secondary N) is 1. The van der Waals surface area contributed by atoms with Gasteiger partial charge in [-0.2, -0.15) is 0 Å². The Labute approximate surface area is 254 Å². The van der Waals surface area contributed by atoms with Crippen molar-refractivity contribution in [3.05, 3.63) is 94.0 Å². The van der Waals surface area contributed by atoms with Crippen LogP contribution in [0.2, 0.25) is 5.02 Å². The minimum absolute atomic E-state index is 0.0661. The lowest BCUT2D eigenvalue weighted by atomic mass is 10.1. The largest absolute Gasteiger partial charge is 0.352 e. The Bertz CT molecular complexity index is 1500. The Morgan fingerprint density at radius 2 is 1.52 bits per heavy atom. The lowest BCUT2D eigenvalue weighted by Crippen LogP contribution is -2.53. The third kappa shape index (κ3) is 7.34. The first-order valence-corrected chi connectivity index (χ1v) is 16.3. The van der Waals surface area contributed by atoms with E-state index in [9.17, 15) is 18.0 Å². The number of halogens is 1. The van der Waals surface area contributed by atoms with Crippen LogP contribution in [-0.4, -0.2) is 43.8 Å². The van der Waals surface area contributed by atoms with Crippen molar-refractivity contribution in [3.63, 3.8) is 0 Å². The van der Waals surface area contributed by atoms with Gasteiger partial charge in [-0.15, -0.1) is 0 Å². The molecule has 42 heavy (non-hydrogen) atoms. The summed E-state index contributed by atoms with van der Waals surface area (Å²) in [5.41, 5.74) is 3.70. The Morgan fingerprint density at radius 3 is 2.12 bits per heavy atom. The van der Waals surface area contributed by atoms with Crippen LogP contribution >= 0.6 is 11.6 Å². The number of hydrogen-bond acceptors (Lipinski definition) is 4. The lowest BCUT2D eigenvalue weighted by Gasteiger charge is -2.34.